The van der Waals surface area contributed by atoms with E-state index in [0.717, 1.165) is 10.2 Å². The van der Waals surface area contributed by atoms with Crippen LogP contribution in [0.5, 0.6) is 0 Å². The number of carbonyl (C=O) groups is 1. The van der Waals surface area contributed by atoms with Gasteiger partial charge in [-0.3, -0.25) is 10.1 Å². The van der Waals surface area contributed by atoms with Crippen molar-refractivity contribution < 1.29 is 9.53 Å². The van der Waals surface area contributed by atoms with E-state index in [0.29, 0.717) is 5.13 Å². The highest BCUT2D eigenvalue weighted by Crippen LogP contribution is 2.31. The van der Waals surface area contributed by atoms with E-state index in [2.05, 4.69) is 43.2 Å². The van der Waals surface area contributed by atoms with Crippen molar-refractivity contribution in [2.45, 2.75) is 26.2 Å². The third-order valence-corrected chi connectivity index (χ3v) is 3.71. The van der Waals surface area contributed by atoms with Gasteiger partial charge in [0, 0.05) is 7.11 Å². The van der Waals surface area contributed by atoms with E-state index >= 15 is 0 Å². The van der Waals surface area contributed by atoms with E-state index in [1.54, 1.807) is 0 Å². The Bertz CT molecular complexity index is 599. The zero-order valence-corrected chi connectivity index (χ0v) is 12.4. The minimum Gasteiger partial charge on any atom is -0.375 e. The molecule has 0 aliphatic heterocycles. The third-order valence-electron chi connectivity index (χ3n) is 2.78. The van der Waals surface area contributed by atoms with Gasteiger partial charge in [0.25, 0.3) is 5.91 Å². The number of amides is 1. The van der Waals surface area contributed by atoms with Crippen LogP contribution in [0.15, 0.2) is 18.2 Å². The van der Waals surface area contributed by atoms with Gasteiger partial charge in [-0.05, 0) is 23.1 Å². The molecule has 0 fully saturated rings. The number of hydrogen-bond donors (Lipinski definition) is 1. The van der Waals surface area contributed by atoms with Crippen molar-refractivity contribution in [3.05, 3.63) is 23.8 Å². The normalized spacial score (nSPS) is 11.8. The quantitative estimate of drug-likeness (QED) is 0.938. The zero-order valence-electron chi connectivity index (χ0n) is 11.6. The zero-order chi connectivity index (χ0) is 14.0. The fourth-order valence-electron chi connectivity index (χ4n) is 1.73. The van der Waals surface area contributed by atoms with E-state index in [1.807, 2.05) is 6.07 Å². The van der Waals surface area contributed by atoms with Crippen molar-refractivity contribution in [3.63, 3.8) is 0 Å². The molecule has 0 unspecified atom stereocenters. The first-order chi connectivity index (χ1) is 8.90. The molecule has 0 aliphatic rings. The maximum absolute atomic E-state index is 11.4. The van der Waals surface area contributed by atoms with Crippen LogP contribution in [0, 0.1) is 0 Å². The van der Waals surface area contributed by atoms with Crippen LogP contribution in [0.4, 0.5) is 5.13 Å². The van der Waals surface area contributed by atoms with E-state index in [-0.39, 0.29) is 17.9 Å². The molecule has 0 saturated heterocycles. The van der Waals surface area contributed by atoms with Gasteiger partial charge < -0.3 is 4.74 Å². The molecule has 5 heteroatoms. The Balaban J connectivity index is 2.28. The second kappa shape index (κ2) is 5.27. The Hall–Kier alpha value is -1.46. The summed E-state index contributed by atoms with van der Waals surface area (Å²) >= 11 is 1.48. The van der Waals surface area contributed by atoms with Gasteiger partial charge in [0.2, 0.25) is 0 Å². The molecule has 2 rings (SSSR count). The number of anilines is 1. The largest absolute Gasteiger partial charge is 0.375 e. The molecule has 0 atom stereocenters. The van der Waals surface area contributed by atoms with Crippen LogP contribution >= 0.6 is 11.3 Å². The fourth-order valence-corrected chi connectivity index (χ4v) is 2.65. The molecule has 19 heavy (non-hydrogen) atoms. The molecule has 1 aromatic heterocycles. The number of nitrogens with zero attached hydrogens (tertiary/aromatic N) is 1. The molecule has 1 N–H and O–H groups in total. The Morgan fingerprint density at radius 1 is 1.42 bits per heavy atom. The lowest BCUT2D eigenvalue weighted by Gasteiger charge is -2.18. The number of aromatic nitrogens is 1. The molecule has 0 spiro atoms. The molecule has 1 aromatic carbocycles. The van der Waals surface area contributed by atoms with Crippen molar-refractivity contribution in [1.82, 2.24) is 4.98 Å². The summed E-state index contributed by atoms with van der Waals surface area (Å²) in [5, 5.41) is 3.35. The predicted octanol–water partition coefficient (Wildman–Crippen LogP) is 3.18. The molecule has 102 valence electrons. The Kier molecular flexibility index (Phi) is 3.87. The lowest BCUT2D eigenvalue weighted by Crippen LogP contribution is -2.16. The van der Waals surface area contributed by atoms with Crippen molar-refractivity contribution in [2.75, 3.05) is 19.0 Å². The van der Waals surface area contributed by atoms with Crippen molar-refractivity contribution in [1.29, 1.82) is 0 Å². The standard InChI is InChI=1S/C14H18N2O2S/c1-14(2,3)9-5-6-10-11(7-9)19-13(15-10)16-12(17)8-18-4/h5-7H,8H2,1-4H3,(H,15,16,17). The molecule has 4 nitrogen and oxygen atoms in total. The summed E-state index contributed by atoms with van der Waals surface area (Å²) in [6, 6.07) is 6.22. The minimum absolute atomic E-state index is 0.0448. The number of benzene rings is 1. The van der Waals surface area contributed by atoms with Crippen molar-refractivity contribution >= 4 is 32.6 Å². The van der Waals surface area contributed by atoms with Crippen LogP contribution in [0.1, 0.15) is 26.3 Å². The number of fused-ring (bicyclic) bond motifs is 1. The summed E-state index contributed by atoms with van der Waals surface area (Å²) in [7, 11) is 1.49. The summed E-state index contributed by atoms with van der Waals surface area (Å²) in [5.41, 5.74) is 2.28. The summed E-state index contributed by atoms with van der Waals surface area (Å²) in [4.78, 5) is 15.8. The highest BCUT2D eigenvalue weighted by Gasteiger charge is 2.15. The van der Waals surface area contributed by atoms with Gasteiger partial charge >= 0.3 is 0 Å². The third kappa shape index (κ3) is 3.30. The average Bonchev–Trinajstić information content (AvgIpc) is 2.68. The number of ether oxygens (including phenoxy) is 1. The highest BCUT2D eigenvalue weighted by molar-refractivity contribution is 7.22. The number of rotatable bonds is 3. The molecule has 1 heterocycles. The molecule has 2 aromatic rings. The smallest absolute Gasteiger partial charge is 0.252 e. The lowest BCUT2D eigenvalue weighted by atomic mass is 9.87. The van der Waals surface area contributed by atoms with Crippen LogP contribution in [0.25, 0.3) is 10.2 Å². The van der Waals surface area contributed by atoms with Crippen molar-refractivity contribution in [3.8, 4) is 0 Å². The Morgan fingerprint density at radius 3 is 2.79 bits per heavy atom. The molecule has 1 amide bonds. The lowest BCUT2D eigenvalue weighted by molar-refractivity contribution is -0.119. The topological polar surface area (TPSA) is 51.2 Å². The number of thiazole rings is 1. The Labute approximate surface area is 116 Å². The fraction of sp³-hybridized carbons (Fsp3) is 0.429. The van der Waals surface area contributed by atoms with Gasteiger partial charge in [-0.1, -0.05) is 38.2 Å². The molecular formula is C14H18N2O2S. The summed E-state index contributed by atoms with van der Waals surface area (Å²) in [6.45, 7) is 6.58. The SMILES string of the molecule is COCC(=O)Nc1nc2ccc(C(C)(C)C)cc2s1. The maximum atomic E-state index is 11.4. The van der Waals surface area contributed by atoms with E-state index in [1.165, 1.54) is 24.0 Å². The maximum Gasteiger partial charge on any atom is 0.252 e. The van der Waals surface area contributed by atoms with Gasteiger partial charge in [0.1, 0.15) is 6.61 Å². The van der Waals surface area contributed by atoms with Crippen LogP contribution < -0.4 is 5.32 Å². The summed E-state index contributed by atoms with van der Waals surface area (Å²) in [6.07, 6.45) is 0. The number of methoxy groups -OCH3 is 1. The average molecular weight is 278 g/mol. The van der Waals surface area contributed by atoms with Crippen LogP contribution in [-0.4, -0.2) is 24.6 Å². The molecule has 0 bridgehead atoms. The van der Waals surface area contributed by atoms with E-state index in [9.17, 15) is 4.79 Å². The molecule has 0 saturated carbocycles. The van der Waals surface area contributed by atoms with Gasteiger partial charge in [-0.25, -0.2) is 4.98 Å². The first-order valence-corrected chi connectivity index (χ1v) is 6.91. The second-order valence-corrected chi connectivity index (χ2v) is 6.46. The molecular weight excluding hydrogens is 260 g/mol. The second-order valence-electron chi connectivity index (χ2n) is 5.43. The van der Waals surface area contributed by atoms with Crippen LogP contribution in [0.3, 0.4) is 0 Å². The minimum atomic E-state index is -0.183. The van der Waals surface area contributed by atoms with Crippen LogP contribution in [-0.2, 0) is 14.9 Å². The van der Waals surface area contributed by atoms with E-state index < -0.39 is 0 Å². The van der Waals surface area contributed by atoms with Gasteiger partial charge in [-0.2, -0.15) is 0 Å². The number of nitrogens with one attached hydrogen (secondary N) is 1. The monoisotopic (exact) mass is 278 g/mol. The first kappa shape index (κ1) is 14.0. The van der Waals surface area contributed by atoms with E-state index in [4.69, 9.17) is 4.74 Å². The first-order valence-electron chi connectivity index (χ1n) is 6.10. The molecule has 0 aliphatic carbocycles. The summed E-state index contributed by atoms with van der Waals surface area (Å²) in [5.74, 6) is -0.183. The van der Waals surface area contributed by atoms with Gasteiger partial charge in [0.05, 0.1) is 10.2 Å². The Morgan fingerprint density at radius 2 is 2.16 bits per heavy atom. The summed E-state index contributed by atoms with van der Waals surface area (Å²) < 4.78 is 5.86. The van der Waals surface area contributed by atoms with Crippen molar-refractivity contribution in [2.24, 2.45) is 0 Å². The van der Waals surface area contributed by atoms with Gasteiger partial charge in [0.15, 0.2) is 5.13 Å². The highest BCUT2D eigenvalue weighted by atomic mass is 32.1. The number of hydrogen-bond acceptors (Lipinski definition) is 4. The molecule has 0 radical (unpaired) electrons. The van der Waals surface area contributed by atoms with Gasteiger partial charge in [-0.15, -0.1) is 0 Å². The predicted molar refractivity (Wildman–Crippen MR) is 78.8 cm³/mol. The van der Waals surface area contributed by atoms with Crippen LogP contribution in [0.2, 0.25) is 0 Å². The number of carbonyl (C=O) groups excluding carboxylic acids is 1.